The Hall–Kier alpha value is -8.40. The number of benzene rings is 10. The van der Waals surface area contributed by atoms with Gasteiger partial charge in [-0.2, -0.15) is 0 Å². The Bertz CT molecular complexity index is 3540. The van der Waals surface area contributed by atoms with E-state index in [1.807, 2.05) is 12.1 Å². The predicted octanol–water partition coefficient (Wildman–Crippen LogP) is 16.5. The van der Waals surface area contributed by atoms with Gasteiger partial charge in [-0.3, -0.25) is 0 Å². The zero-order valence-electron chi connectivity index (χ0n) is 34.8. The van der Waals surface area contributed by atoms with Gasteiger partial charge in [-0.15, -0.1) is 0 Å². The van der Waals surface area contributed by atoms with Crippen molar-refractivity contribution in [1.82, 2.24) is 0 Å². The van der Waals surface area contributed by atoms with Crippen molar-refractivity contribution in [3.8, 4) is 56.0 Å². The Morgan fingerprint density at radius 1 is 0.344 bits per heavy atom. The Morgan fingerprint density at radius 2 is 0.906 bits per heavy atom. The van der Waals surface area contributed by atoms with Gasteiger partial charge in [0.25, 0.3) is 0 Å². The maximum atomic E-state index is 7.42. The van der Waals surface area contributed by atoms with Gasteiger partial charge in [0.05, 0.1) is 11.1 Å². The first-order valence-corrected chi connectivity index (χ1v) is 21.9. The SMILES string of the molecule is c1ccc(-c2ccc(-c3c(N(c4cccc(-c5ccccc5)c4)c4ccc5oc6ccccc6c5c4)ccc4c3Oc3ccccc3C43c4ccccc4-c4ccccc43)cc2)cc1. The van der Waals surface area contributed by atoms with E-state index >= 15 is 0 Å². The largest absolute Gasteiger partial charge is 0.456 e. The number of anilines is 3. The zero-order valence-corrected chi connectivity index (χ0v) is 34.8. The molecule has 300 valence electrons. The molecule has 1 aliphatic heterocycles. The summed E-state index contributed by atoms with van der Waals surface area (Å²) < 4.78 is 13.8. The van der Waals surface area contributed by atoms with Crippen LogP contribution in [-0.4, -0.2) is 0 Å². The van der Waals surface area contributed by atoms with Gasteiger partial charge in [-0.25, -0.2) is 0 Å². The zero-order chi connectivity index (χ0) is 42.2. The van der Waals surface area contributed by atoms with E-state index in [9.17, 15) is 0 Å². The molecule has 0 unspecified atom stereocenters. The molecule has 0 atom stereocenters. The summed E-state index contributed by atoms with van der Waals surface area (Å²) in [5.41, 5.74) is 18.1. The normalized spacial score (nSPS) is 12.9. The van der Waals surface area contributed by atoms with Crippen LogP contribution in [0.5, 0.6) is 11.5 Å². The molecule has 3 heteroatoms. The van der Waals surface area contributed by atoms with Crippen LogP contribution in [0.4, 0.5) is 17.1 Å². The Morgan fingerprint density at radius 3 is 1.66 bits per heavy atom. The van der Waals surface area contributed by atoms with Crippen LogP contribution < -0.4 is 9.64 Å². The molecule has 1 aromatic heterocycles. The number of furan rings is 1. The molecule has 1 spiro atoms. The molecule has 13 rings (SSSR count). The van der Waals surface area contributed by atoms with Crippen molar-refractivity contribution in [2.75, 3.05) is 4.90 Å². The molecule has 0 amide bonds. The summed E-state index contributed by atoms with van der Waals surface area (Å²) in [6.07, 6.45) is 0. The van der Waals surface area contributed by atoms with Crippen molar-refractivity contribution < 1.29 is 9.15 Å². The van der Waals surface area contributed by atoms with Crippen LogP contribution >= 0.6 is 0 Å². The molecular weight excluding hydrogens is 779 g/mol. The fourth-order valence-electron chi connectivity index (χ4n) is 10.6. The van der Waals surface area contributed by atoms with Gasteiger partial charge < -0.3 is 14.1 Å². The summed E-state index contributed by atoms with van der Waals surface area (Å²) in [5, 5.41) is 2.15. The van der Waals surface area contributed by atoms with Gasteiger partial charge in [-0.05, 0) is 98.6 Å². The number of para-hydroxylation sites is 2. The molecule has 2 heterocycles. The van der Waals surface area contributed by atoms with Gasteiger partial charge >= 0.3 is 0 Å². The molecule has 1 aliphatic carbocycles. The van der Waals surface area contributed by atoms with E-state index in [0.29, 0.717) is 0 Å². The van der Waals surface area contributed by atoms with E-state index in [4.69, 9.17) is 9.15 Å². The van der Waals surface area contributed by atoms with Crippen LogP contribution in [0.25, 0.3) is 66.4 Å². The number of fused-ring (bicyclic) bond motifs is 12. The minimum Gasteiger partial charge on any atom is -0.456 e. The third kappa shape index (κ3) is 5.41. The van der Waals surface area contributed by atoms with E-state index in [0.717, 1.165) is 89.4 Å². The lowest BCUT2D eigenvalue weighted by Crippen LogP contribution is -2.32. The molecule has 0 bridgehead atoms. The maximum absolute atomic E-state index is 7.42. The average Bonchev–Trinajstić information content (AvgIpc) is 3.88. The summed E-state index contributed by atoms with van der Waals surface area (Å²) >= 11 is 0. The van der Waals surface area contributed by atoms with Gasteiger partial charge in [-0.1, -0.05) is 188 Å². The lowest BCUT2D eigenvalue weighted by atomic mass is 9.65. The van der Waals surface area contributed by atoms with Crippen LogP contribution in [0.1, 0.15) is 22.3 Å². The minimum atomic E-state index is -0.624. The first kappa shape index (κ1) is 36.3. The van der Waals surface area contributed by atoms with Crippen LogP contribution in [0.3, 0.4) is 0 Å². The highest BCUT2D eigenvalue weighted by Crippen LogP contribution is 2.64. The second-order valence-electron chi connectivity index (χ2n) is 16.7. The van der Waals surface area contributed by atoms with E-state index in [1.54, 1.807) is 0 Å². The summed E-state index contributed by atoms with van der Waals surface area (Å²) in [6, 6.07) is 85.1. The summed E-state index contributed by atoms with van der Waals surface area (Å²) in [4.78, 5) is 2.40. The van der Waals surface area contributed by atoms with Crippen LogP contribution in [0.2, 0.25) is 0 Å². The first-order valence-electron chi connectivity index (χ1n) is 21.9. The monoisotopic (exact) mass is 817 g/mol. The highest BCUT2D eigenvalue weighted by atomic mass is 16.5. The lowest BCUT2D eigenvalue weighted by molar-refractivity contribution is 0.438. The fourth-order valence-corrected chi connectivity index (χ4v) is 10.6. The van der Waals surface area contributed by atoms with Crippen molar-refractivity contribution in [2.45, 2.75) is 5.41 Å². The Kier molecular flexibility index (Phi) is 8.13. The van der Waals surface area contributed by atoms with Gasteiger partial charge in [0.2, 0.25) is 0 Å². The summed E-state index contributed by atoms with van der Waals surface area (Å²) in [7, 11) is 0. The molecular formula is C61H39NO2. The van der Waals surface area contributed by atoms with Crippen molar-refractivity contribution in [1.29, 1.82) is 0 Å². The summed E-state index contributed by atoms with van der Waals surface area (Å²) in [6.45, 7) is 0. The highest BCUT2D eigenvalue weighted by Gasteiger charge is 2.51. The predicted molar refractivity (Wildman–Crippen MR) is 262 cm³/mol. The topological polar surface area (TPSA) is 25.6 Å². The molecule has 0 fully saturated rings. The number of rotatable bonds is 6. The summed E-state index contributed by atoms with van der Waals surface area (Å²) in [5.74, 6) is 1.69. The van der Waals surface area contributed by atoms with Crippen molar-refractivity contribution in [3.63, 3.8) is 0 Å². The lowest BCUT2D eigenvalue weighted by Gasteiger charge is -2.41. The molecule has 10 aromatic carbocycles. The molecule has 0 N–H and O–H groups in total. The molecule has 0 saturated heterocycles. The van der Waals surface area contributed by atoms with E-state index in [1.165, 1.54) is 27.8 Å². The highest BCUT2D eigenvalue weighted by molar-refractivity contribution is 6.07. The molecule has 3 nitrogen and oxygen atoms in total. The quantitative estimate of drug-likeness (QED) is 0.167. The number of nitrogens with zero attached hydrogens (tertiary/aromatic N) is 1. The number of hydrogen-bond acceptors (Lipinski definition) is 3. The van der Waals surface area contributed by atoms with Crippen molar-refractivity contribution in [2.24, 2.45) is 0 Å². The third-order valence-corrected chi connectivity index (χ3v) is 13.3. The minimum absolute atomic E-state index is 0.624. The third-order valence-electron chi connectivity index (χ3n) is 13.3. The molecule has 64 heavy (non-hydrogen) atoms. The van der Waals surface area contributed by atoms with Crippen molar-refractivity contribution in [3.05, 3.63) is 259 Å². The molecule has 11 aromatic rings. The Labute approximate surface area is 371 Å². The standard InChI is InChI=1S/C61H39NO2/c1-3-16-40(17-4-1)42-30-32-43(33-31-42)59-55(36-35-54-60(59)64-58-29-14-12-27-53(58)61(54)51-25-10-7-22-47(51)48-23-8-11-26-52(48)61)62(45-21-15-20-44(38-45)41-18-5-2-6-19-41)46-34-37-57-50(39-46)49-24-9-13-28-56(49)63-57/h1-39H. The average molecular weight is 818 g/mol. The number of hydrogen-bond donors (Lipinski definition) is 0. The van der Waals surface area contributed by atoms with Gasteiger partial charge in [0, 0.05) is 38.8 Å². The molecule has 0 radical (unpaired) electrons. The van der Waals surface area contributed by atoms with Crippen LogP contribution in [0, 0.1) is 0 Å². The van der Waals surface area contributed by atoms with E-state index in [-0.39, 0.29) is 0 Å². The van der Waals surface area contributed by atoms with Gasteiger partial charge in [0.1, 0.15) is 22.7 Å². The maximum Gasteiger partial charge on any atom is 0.142 e. The van der Waals surface area contributed by atoms with E-state index in [2.05, 4.69) is 229 Å². The van der Waals surface area contributed by atoms with E-state index < -0.39 is 5.41 Å². The van der Waals surface area contributed by atoms with Crippen LogP contribution in [0.15, 0.2) is 241 Å². The molecule has 0 saturated carbocycles. The second kappa shape index (κ2) is 14.3. The number of ether oxygens (including phenoxy) is 1. The second-order valence-corrected chi connectivity index (χ2v) is 16.7. The van der Waals surface area contributed by atoms with Crippen LogP contribution in [-0.2, 0) is 5.41 Å². The first-order chi connectivity index (χ1) is 31.7. The Balaban J connectivity index is 1.13. The smallest absolute Gasteiger partial charge is 0.142 e. The van der Waals surface area contributed by atoms with Crippen molar-refractivity contribution >= 4 is 39.0 Å². The fraction of sp³-hybridized carbons (Fsp3) is 0.0164. The molecule has 2 aliphatic rings. The van der Waals surface area contributed by atoms with Gasteiger partial charge in [0.15, 0.2) is 0 Å².